The summed E-state index contributed by atoms with van der Waals surface area (Å²) in [7, 11) is 0. The number of amides is 1. The van der Waals surface area contributed by atoms with E-state index < -0.39 is 6.04 Å². The molecule has 1 aromatic carbocycles. The van der Waals surface area contributed by atoms with Crippen molar-refractivity contribution in [2.24, 2.45) is 0 Å². The predicted molar refractivity (Wildman–Crippen MR) is 67.2 cm³/mol. The fraction of sp³-hybridized carbons (Fsp3) is 0.231. The average Bonchev–Trinajstić information content (AvgIpc) is 2.43. The molecule has 0 unspecified atom stereocenters. The smallest absolute Gasteiger partial charge is 0.252 e. The van der Waals surface area contributed by atoms with Crippen molar-refractivity contribution in [2.75, 3.05) is 13.2 Å². The SMILES string of the molecule is O=C(NC(CO)CO)c1cccc2ncccc12. The number of aromatic nitrogens is 1. The molecule has 1 amide bonds. The number of hydrogen-bond acceptors (Lipinski definition) is 4. The zero-order valence-corrected chi connectivity index (χ0v) is 9.71. The van der Waals surface area contributed by atoms with Crippen LogP contribution in [0.15, 0.2) is 36.5 Å². The first-order valence-corrected chi connectivity index (χ1v) is 5.62. The Balaban J connectivity index is 2.33. The second-order valence-corrected chi connectivity index (χ2v) is 3.91. The summed E-state index contributed by atoms with van der Waals surface area (Å²) in [5.41, 5.74) is 1.21. The molecule has 0 saturated carbocycles. The van der Waals surface area contributed by atoms with Gasteiger partial charge in [0.25, 0.3) is 5.91 Å². The van der Waals surface area contributed by atoms with E-state index in [0.717, 1.165) is 10.9 Å². The van der Waals surface area contributed by atoms with Crippen molar-refractivity contribution >= 4 is 16.8 Å². The summed E-state index contributed by atoms with van der Waals surface area (Å²) in [6, 6.07) is 8.17. The Bertz CT molecular complexity index is 547. The molecular formula is C13H14N2O3. The summed E-state index contributed by atoms with van der Waals surface area (Å²) in [6.07, 6.45) is 1.66. The standard InChI is InChI=1S/C13H14N2O3/c16-7-9(8-17)15-13(18)11-3-1-5-12-10(11)4-2-6-14-12/h1-6,9,16-17H,7-8H2,(H,15,18). The third-order valence-electron chi connectivity index (χ3n) is 2.67. The van der Waals surface area contributed by atoms with Gasteiger partial charge in [0.2, 0.25) is 0 Å². The number of benzene rings is 1. The minimum absolute atomic E-state index is 0.300. The molecule has 1 aromatic heterocycles. The summed E-state index contributed by atoms with van der Waals surface area (Å²) in [6.45, 7) is -0.601. The predicted octanol–water partition coefficient (Wildman–Crippen LogP) is 0.318. The molecule has 0 aliphatic carbocycles. The molecule has 0 fully saturated rings. The third-order valence-corrected chi connectivity index (χ3v) is 2.67. The first kappa shape index (κ1) is 12.5. The van der Waals surface area contributed by atoms with Gasteiger partial charge in [0, 0.05) is 17.1 Å². The molecule has 0 aliphatic rings. The third kappa shape index (κ3) is 2.47. The van der Waals surface area contributed by atoms with Crippen LogP contribution in [0.4, 0.5) is 0 Å². The van der Waals surface area contributed by atoms with Crippen molar-refractivity contribution in [3.05, 3.63) is 42.1 Å². The van der Waals surface area contributed by atoms with Gasteiger partial charge in [-0.25, -0.2) is 0 Å². The van der Waals surface area contributed by atoms with Crippen LogP contribution in [0.5, 0.6) is 0 Å². The monoisotopic (exact) mass is 246 g/mol. The largest absolute Gasteiger partial charge is 0.394 e. The summed E-state index contributed by atoms with van der Waals surface area (Å²) < 4.78 is 0. The van der Waals surface area contributed by atoms with E-state index in [9.17, 15) is 4.79 Å². The van der Waals surface area contributed by atoms with E-state index in [0.29, 0.717) is 5.56 Å². The lowest BCUT2D eigenvalue weighted by molar-refractivity contribution is 0.0881. The fourth-order valence-electron chi connectivity index (χ4n) is 1.71. The lowest BCUT2D eigenvalue weighted by atomic mass is 10.1. The number of nitrogens with zero attached hydrogens (tertiary/aromatic N) is 1. The van der Waals surface area contributed by atoms with Crippen molar-refractivity contribution in [1.82, 2.24) is 10.3 Å². The molecule has 0 saturated heterocycles. The highest BCUT2D eigenvalue weighted by molar-refractivity contribution is 6.06. The Labute approximate surface area is 104 Å². The number of hydrogen-bond donors (Lipinski definition) is 3. The fourth-order valence-corrected chi connectivity index (χ4v) is 1.71. The summed E-state index contributed by atoms with van der Waals surface area (Å²) in [5.74, 6) is -0.332. The van der Waals surface area contributed by atoms with Crippen LogP contribution < -0.4 is 5.32 Å². The molecule has 5 nitrogen and oxygen atoms in total. The molecule has 0 radical (unpaired) electrons. The molecule has 0 aliphatic heterocycles. The zero-order valence-electron chi connectivity index (χ0n) is 9.71. The highest BCUT2D eigenvalue weighted by atomic mass is 16.3. The Morgan fingerprint density at radius 3 is 2.72 bits per heavy atom. The maximum atomic E-state index is 12.0. The highest BCUT2D eigenvalue weighted by Crippen LogP contribution is 2.16. The molecule has 0 atom stereocenters. The molecule has 2 aromatic rings. The van der Waals surface area contributed by atoms with Crippen molar-refractivity contribution in [3.8, 4) is 0 Å². The molecule has 0 spiro atoms. The number of rotatable bonds is 4. The number of aliphatic hydroxyl groups is 2. The van der Waals surface area contributed by atoms with E-state index >= 15 is 0 Å². The van der Waals surface area contributed by atoms with Crippen LogP contribution in [0.3, 0.4) is 0 Å². The number of pyridine rings is 1. The number of fused-ring (bicyclic) bond motifs is 1. The van der Waals surface area contributed by atoms with Gasteiger partial charge in [-0.3, -0.25) is 9.78 Å². The number of aliphatic hydroxyl groups excluding tert-OH is 2. The Morgan fingerprint density at radius 2 is 2.00 bits per heavy atom. The van der Waals surface area contributed by atoms with Crippen LogP contribution in [0, 0.1) is 0 Å². The van der Waals surface area contributed by atoms with E-state index in [1.165, 1.54) is 0 Å². The van der Waals surface area contributed by atoms with Crippen LogP contribution in [-0.2, 0) is 0 Å². The van der Waals surface area contributed by atoms with Gasteiger partial charge in [0.1, 0.15) is 0 Å². The summed E-state index contributed by atoms with van der Waals surface area (Å²) in [5, 5.41) is 21.2. The molecule has 1 heterocycles. The summed E-state index contributed by atoms with van der Waals surface area (Å²) >= 11 is 0. The van der Waals surface area contributed by atoms with Gasteiger partial charge in [-0.15, -0.1) is 0 Å². The van der Waals surface area contributed by atoms with Crippen molar-refractivity contribution in [3.63, 3.8) is 0 Å². The minimum Gasteiger partial charge on any atom is -0.394 e. The first-order valence-electron chi connectivity index (χ1n) is 5.62. The van der Waals surface area contributed by atoms with E-state index in [1.54, 1.807) is 24.4 Å². The molecule has 18 heavy (non-hydrogen) atoms. The number of nitrogens with one attached hydrogen (secondary N) is 1. The van der Waals surface area contributed by atoms with Crippen LogP contribution in [0.1, 0.15) is 10.4 Å². The average molecular weight is 246 g/mol. The van der Waals surface area contributed by atoms with E-state index in [1.807, 2.05) is 12.1 Å². The second kappa shape index (κ2) is 5.57. The van der Waals surface area contributed by atoms with Crippen LogP contribution >= 0.6 is 0 Å². The van der Waals surface area contributed by atoms with Crippen molar-refractivity contribution in [1.29, 1.82) is 0 Å². The zero-order chi connectivity index (χ0) is 13.0. The van der Waals surface area contributed by atoms with Crippen molar-refractivity contribution < 1.29 is 15.0 Å². The van der Waals surface area contributed by atoms with Crippen LogP contribution in [0.25, 0.3) is 10.9 Å². The van der Waals surface area contributed by atoms with Gasteiger partial charge in [-0.1, -0.05) is 12.1 Å². The molecular weight excluding hydrogens is 232 g/mol. The molecule has 5 heteroatoms. The van der Waals surface area contributed by atoms with Crippen molar-refractivity contribution in [2.45, 2.75) is 6.04 Å². The second-order valence-electron chi connectivity index (χ2n) is 3.91. The quantitative estimate of drug-likeness (QED) is 0.725. The Kier molecular flexibility index (Phi) is 3.86. The highest BCUT2D eigenvalue weighted by Gasteiger charge is 2.14. The van der Waals surface area contributed by atoms with Gasteiger partial charge < -0.3 is 15.5 Å². The molecule has 0 bridgehead atoms. The topological polar surface area (TPSA) is 82.5 Å². The maximum absolute atomic E-state index is 12.0. The van der Waals surface area contributed by atoms with Gasteiger partial charge >= 0.3 is 0 Å². The molecule has 2 rings (SSSR count). The normalized spacial score (nSPS) is 10.8. The number of carbonyl (C=O) groups is 1. The van der Waals surface area contributed by atoms with Crippen LogP contribution in [-0.4, -0.2) is 40.4 Å². The minimum atomic E-state index is -0.649. The van der Waals surface area contributed by atoms with E-state index in [2.05, 4.69) is 10.3 Å². The lowest BCUT2D eigenvalue weighted by Crippen LogP contribution is -2.40. The van der Waals surface area contributed by atoms with E-state index in [-0.39, 0.29) is 19.1 Å². The summed E-state index contributed by atoms with van der Waals surface area (Å²) in [4.78, 5) is 16.2. The van der Waals surface area contributed by atoms with E-state index in [4.69, 9.17) is 10.2 Å². The lowest BCUT2D eigenvalue weighted by Gasteiger charge is -2.14. The molecule has 3 N–H and O–H groups in total. The molecule has 94 valence electrons. The van der Waals surface area contributed by atoms with Gasteiger partial charge in [-0.05, 0) is 18.2 Å². The maximum Gasteiger partial charge on any atom is 0.252 e. The van der Waals surface area contributed by atoms with Gasteiger partial charge in [-0.2, -0.15) is 0 Å². The Morgan fingerprint density at radius 1 is 1.22 bits per heavy atom. The van der Waals surface area contributed by atoms with Crippen LogP contribution in [0.2, 0.25) is 0 Å². The van der Waals surface area contributed by atoms with Gasteiger partial charge in [0.05, 0.1) is 24.8 Å². The first-order chi connectivity index (χ1) is 8.76. The Hall–Kier alpha value is -1.98. The van der Waals surface area contributed by atoms with Gasteiger partial charge in [0.15, 0.2) is 0 Å². The number of carbonyl (C=O) groups excluding carboxylic acids is 1.